The van der Waals surface area contributed by atoms with Crippen molar-refractivity contribution in [3.63, 3.8) is 0 Å². The molecule has 1 unspecified atom stereocenters. The number of aryl methyl sites for hydroxylation is 2. The molecule has 5 nitrogen and oxygen atoms in total. The minimum absolute atomic E-state index is 0.0378. The minimum atomic E-state index is 0.0378. The van der Waals surface area contributed by atoms with Gasteiger partial charge in [-0.2, -0.15) is 5.10 Å². The molecule has 0 bridgehead atoms. The Morgan fingerprint density at radius 3 is 2.70 bits per heavy atom. The number of hydrazine groups is 1. The number of nitrogens with zero attached hydrogens (tertiary/aromatic N) is 2. The van der Waals surface area contributed by atoms with E-state index in [9.17, 15) is 0 Å². The third-order valence-corrected chi connectivity index (χ3v) is 3.69. The molecule has 108 valence electrons. The van der Waals surface area contributed by atoms with E-state index in [1.165, 1.54) is 5.56 Å². The molecule has 20 heavy (non-hydrogen) atoms. The van der Waals surface area contributed by atoms with E-state index in [2.05, 4.69) is 23.5 Å². The molecule has 0 aliphatic carbocycles. The second-order valence-corrected chi connectivity index (χ2v) is 4.98. The summed E-state index contributed by atoms with van der Waals surface area (Å²) >= 11 is 0. The van der Waals surface area contributed by atoms with Crippen molar-refractivity contribution in [2.75, 3.05) is 7.11 Å². The number of benzene rings is 1. The number of hydrogen-bond donors (Lipinski definition) is 2. The summed E-state index contributed by atoms with van der Waals surface area (Å²) in [6.07, 6.45) is 0.793. The Morgan fingerprint density at radius 2 is 2.15 bits per heavy atom. The van der Waals surface area contributed by atoms with E-state index in [4.69, 9.17) is 10.6 Å². The largest absolute Gasteiger partial charge is 0.497 e. The highest BCUT2D eigenvalue weighted by atomic mass is 16.5. The normalized spacial score (nSPS) is 12.4. The molecule has 0 spiro atoms. The Bertz CT molecular complexity index is 592. The lowest BCUT2D eigenvalue weighted by molar-refractivity contribution is 0.414. The van der Waals surface area contributed by atoms with Gasteiger partial charge in [-0.3, -0.25) is 16.0 Å². The highest BCUT2D eigenvalue weighted by Crippen LogP contribution is 2.25. The minimum Gasteiger partial charge on any atom is -0.497 e. The first-order chi connectivity index (χ1) is 9.56. The molecule has 0 radical (unpaired) electrons. The summed E-state index contributed by atoms with van der Waals surface area (Å²) < 4.78 is 7.15. The van der Waals surface area contributed by atoms with Crippen molar-refractivity contribution in [2.24, 2.45) is 12.9 Å². The fourth-order valence-corrected chi connectivity index (χ4v) is 2.57. The number of rotatable bonds is 5. The van der Waals surface area contributed by atoms with Crippen molar-refractivity contribution in [2.45, 2.75) is 26.3 Å². The van der Waals surface area contributed by atoms with E-state index < -0.39 is 0 Å². The summed E-state index contributed by atoms with van der Waals surface area (Å²) in [6.45, 7) is 4.07. The predicted octanol–water partition coefficient (Wildman–Crippen LogP) is 1.79. The summed E-state index contributed by atoms with van der Waals surface area (Å²) in [6, 6.07) is 8.08. The van der Waals surface area contributed by atoms with Gasteiger partial charge in [0.15, 0.2) is 0 Å². The third-order valence-electron chi connectivity index (χ3n) is 3.69. The van der Waals surface area contributed by atoms with Crippen LogP contribution in [0.25, 0.3) is 0 Å². The number of ether oxygens (including phenoxy) is 1. The number of nitrogens with one attached hydrogen (secondary N) is 1. The molecule has 2 aromatic rings. The van der Waals surface area contributed by atoms with E-state index in [0.29, 0.717) is 0 Å². The highest BCUT2D eigenvalue weighted by Gasteiger charge is 2.19. The van der Waals surface area contributed by atoms with Crippen LogP contribution in [-0.2, 0) is 13.5 Å². The van der Waals surface area contributed by atoms with Crippen LogP contribution in [0.2, 0.25) is 0 Å². The molecule has 0 saturated carbocycles. The Labute approximate surface area is 119 Å². The first-order valence-electron chi connectivity index (χ1n) is 6.66. The maximum Gasteiger partial charge on any atom is 0.119 e. The fourth-order valence-electron chi connectivity index (χ4n) is 2.57. The van der Waals surface area contributed by atoms with Crippen LogP contribution >= 0.6 is 0 Å². The maximum absolute atomic E-state index is 5.75. The van der Waals surface area contributed by atoms with Gasteiger partial charge in [-0.05, 0) is 38.0 Å². The SMILES string of the molecule is COc1cccc(CC(NN)c2c(C)nn(C)c2C)c1. The van der Waals surface area contributed by atoms with E-state index in [1.54, 1.807) is 7.11 Å². The molecule has 0 aliphatic rings. The van der Waals surface area contributed by atoms with Crippen LogP contribution in [-0.4, -0.2) is 16.9 Å². The van der Waals surface area contributed by atoms with Crippen molar-refractivity contribution >= 4 is 0 Å². The molecular weight excluding hydrogens is 252 g/mol. The van der Waals surface area contributed by atoms with E-state index >= 15 is 0 Å². The van der Waals surface area contributed by atoms with Gasteiger partial charge in [-0.25, -0.2) is 0 Å². The summed E-state index contributed by atoms with van der Waals surface area (Å²) in [7, 11) is 3.62. The lowest BCUT2D eigenvalue weighted by atomic mass is 9.98. The van der Waals surface area contributed by atoms with E-state index in [0.717, 1.165) is 29.1 Å². The number of aromatic nitrogens is 2. The van der Waals surface area contributed by atoms with E-state index in [1.807, 2.05) is 36.9 Å². The molecule has 0 fully saturated rings. The van der Waals surface area contributed by atoms with Gasteiger partial charge in [0, 0.05) is 18.3 Å². The standard InChI is InChI=1S/C15H22N4O/c1-10-15(11(2)19(3)18-10)14(17-16)9-12-6-5-7-13(8-12)20-4/h5-8,14,17H,9,16H2,1-4H3. The van der Waals surface area contributed by atoms with Gasteiger partial charge in [-0.1, -0.05) is 12.1 Å². The summed E-state index contributed by atoms with van der Waals surface area (Å²) in [4.78, 5) is 0. The average Bonchev–Trinajstić information content (AvgIpc) is 2.70. The van der Waals surface area contributed by atoms with Crippen LogP contribution in [0.5, 0.6) is 5.75 Å². The average molecular weight is 274 g/mol. The molecule has 1 aromatic heterocycles. The molecule has 5 heteroatoms. The monoisotopic (exact) mass is 274 g/mol. The van der Waals surface area contributed by atoms with Crippen molar-refractivity contribution < 1.29 is 4.74 Å². The molecule has 0 amide bonds. The lowest BCUT2D eigenvalue weighted by Gasteiger charge is -2.17. The molecule has 0 aliphatic heterocycles. The zero-order chi connectivity index (χ0) is 14.7. The molecule has 0 saturated heterocycles. The zero-order valence-electron chi connectivity index (χ0n) is 12.5. The smallest absolute Gasteiger partial charge is 0.119 e. The zero-order valence-corrected chi connectivity index (χ0v) is 12.5. The van der Waals surface area contributed by atoms with Crippen LogP contribution in [0.15, 0.2) is 24.3 Å². The van der Waals surface area contributed by atoms with Gasteiger partial charge in [0.1, 0.15) is 5.75 Å². The number of nitrogens with two attached hydrogens (primary N) is 1. The van der Waals surface area contributed by atoms with Gasteiger partial charge in [-0.15, -0.1) is 0 Å². The van der Waals surface area contributed by atoms with Gasteiger partial charge >= 0.3 is 0 Å². The quantitative estimate of drug-likeness (QED) is 0.644. The lowest BCUT2D eigenvalue weighted by Crippen LogP contribution is -2.30. The second-order valence-electron chi connectivity index (χ2n) is 4.98. The topological polar surface area (TPSA) is 65.1 Å². The van der Waals surface area contributed by atoms with Crippen LogP contribution in [0.4, 0.5) is 0 Å². The van der Waals surface area contributed by atoms with Crippen LogP contribution < -0.4 is 16.0 Å². The third kappa shape index (κ3) is 2.84. The highest BCUT2D eigenvalue weighted by molar-refractivity contribution is 5.33. The van der Waals surface area contributed by atoms with Crippen LogP contribution in [0.3, 0.4) is 0 Å². The molecule has 1 heterocycles. The van der Waals surface area contributed by atoms with Crippen LogP contribution in [0, 0.1) is 13.8 Å². The summed E-state index contributed by atoms with van der Waals surface area (Å²) in [5, 5.41) is 4.45. The summed E-state index contributed by atoms with van der Waals surface area (Å²) in [5.41, 5.74) is 7.39. The predicted molar refractivity (Wildman–Crippen MR) is 79.4 cm³/mol. The van der Waals surface area contributed by atoms with Gasteiger partial charge in [0.25, 0.3) is 0 Å². The summed E-state index contributed by atoms with van der Waals surface area (Å²) in [5.74, 6) is 6.61. The molecule has 2 rings (SSSR count). The Hall–Kier alpha value is -1.85. The van der Waals surface area contributed by atoms with Gasteiger partial charge in [0.05, 0.1) is 18.8 Å². The van der Waals surface area contributed by atoms with E-state index in [-0.39, 0.29) is 6.04 Å². The van der Waals surface area contributed by atoms with Crippen molar-refractivity contribution in [3.8, 4) is 5.75 Å². The molecular formula is C15H22N4O. The first-order valence-corrected chi connectivity index (χ1v) is 6.66. The maximum atomic E-state index is 5.75. The van der Waals surface area contributed by atoms with Crippen molar-refractivity contribution in [3.05, 3.63) is 46.8 Å². The Kier molecular flexibility index (Phi) is 4.42. The van der Waals surface area contributed by atoms with Gasteiger partial charge in [0.2, 0.25) is 0 Å². The molecule has 1 aromatic carbocycles. The fraction of sp³-hybridized carbons (Fsp3) is 0.400. The van der Waals surface area contributed by atoms with Gasteiger partial charge < -0.3 is 4.74 Å². The molecule has 1 atom stereocenters. The number of methoxy groups -OCH3 is 1. The number of hydrogen-bond acceptors (Lipinski definition) is 4. The second kappa shape index (κ2) is 6.07. The Balaban J connectivity index is 2.28. The van der Waals surface area contributed by atoms with Crippen LogP contribution in [0.1, 0.15) is 28.6 Å². The first kappa shape index (κ1) is 14.6. The van der Waals surface area contributed by atoms with Crippen molar-refractivity contribution in [1.82, 2.24) is 15.2 Å². The van der Waals surface area contributed by atoms with Crippen molar-refractivity contribution in [1.29, 1.82) is 0 Å². The Morgan fingerprint density at radius 1 is 1.40 bits per heavy atom. The molecule has 3 N–H and O–H groups in total.